The summed E-state index contributed by atoms with van der Waals surface area (Å²) in [5.74, 6) is 1.41. The molecule has 1 aliphatic heterocycles. The third kappa shape index (κ3) is 1.96. The van der Waals surface area contributed by atoms with E-state index in [1.54, 1.807) is 7.11 Å². The summed E-state index contributed by atoms with van der Waals surface area (Å²) in [5, 5.41) is 0. The third-order valence-corrected chi connectivity index (χ3v) is 4.16. The van der Waals surface area contributed by atoms with Crippen LogP contribution >= 0.6 is 0 Å². The lowest BCUT2D eigenvalue weighted by Gasteiger charge is -2.58. The molecule has 1 saturated heterocycles. The first-order valence-electron chi connectivity index (χ1n) is 6.42. The van der Waals surface area contributed by atoms with Gasteiger partial charge in [-0.1, -0.05) is 6.07 Å². The first-order valence-corrected chi connectivity index (χ1v) is 6.42. The lowest BCUT2D eigenvalue weighted by molar-refractivity contribution is -0.141. The molecule has 0 N–H and O–H groups in total. The van der Waals surface area contributed by atoms with Crippen molar-refractivity contribution in [1.82, 2.24) is 9.88 Å². The van der Waals surface area contributed by atoms with E-state index < -0.39 is 0 Å². The van der Waals surface area contributed by atoms with Crippen molar-refractivity contribution in [3.63, 3.8) is 0 Å². The van der Waals surface area contributed by atoms with Crippen LogP contribution in [-0.4, -0.2) is 36.5 Å². The molecule has 0 bridgehead atoms. The van der Waals surface area contributed by atoms with E-state index in [1.807, 2.05) is 17.0 Å². The maximum atomic E-state index is 10.6. The van der Waals surface area contributed by atoms with Crippen molar-refractivity contribution >= 4 is 6.41 Å². The number of ether oxygens (including phenoxy) is 1. The number of aromatic nitrogens is 1. The van der Waals surface area contributed by atoms with E-state index in [4.69, 9.17) is 4.74 Å². The fourth-order valence-electron chi connectivity index (χ4n) is 3.44. The Labute approximate surface area is 107 Å². The van der Waals surface area contributed by atoms with E-state index in [0.717, 1.165) is 37.5 Å². The van der Waals surface area contributed by atoms with Crippen LogP contribution in [0.25, 0.3) is 0 Å². The molecule has 1 aromatic rings. The zero-order valence-corrected chi connectivity index (χ0v) is 10.6. The van der Waals surface area contributed by atoms with Crippen molar-refractivity contribution in [2.24, 2.45) is 11.3 Å². The Balaban J connectivity index is 1.52. The fraction of sp³-hybridized carbons (Fsp3) is 0.571. The number of hydrogen-bond donors (Lipinski definition) is 0. The second-order valence-electron chi connectivity index (χ2n) is 5.66. The zero-order valence-electron chi connectivity index (χ0n) is 10.6. The highest BCUT2D eigenvalue weighted by molar-refractivity contribution is 5.49. The Hall–Kier alpha value is -1.58. The Bertz CT molecular complexity index is 447. The summed E-state index contributed by atoms with van der Waals surface area (Å²) in [6.45, 7) is 1.91. The maximum Gasteiger partial charge on any atom is 0.213 e. The SMILES string of the molecule is COc1cccc(CC2CC3(C2)CN(C=O)C3)n1. The predicted octanol–water partition coefficient (Wildman–Crippen LogP) is 1.50. The molecule has 1 aromatic heterocycles. The Morgan fingerprint density at radius 2 is 2.28 bits per heavy atom. The van der Waals surface area contributed by atoms with Crippen LogP contribution in [-0.2, 0) is 11.2 Å². The average molecular weight is 246 g/mol. The second-order valence-corrected chi connectivity index (χ2v) is 5.66. The number of likely N-dealkylation sites (tertiary alicyclic amines) is 1. The van der Waals surface area contributed by atoms with Gasteiger partial charge in [-0.25, -0.2) is 4.98 Å². The Morgan fingerprint density at radius 1 is 1.50 bits per heavy atom. The first-order chi connectivity index (χ1) is 8.73. The van der Waals surface area contributed by atoms with Gasteiger partial charge in [0.2, 0.25) is 12.3 Å². The number of carbonyl (C=O) groups excluding carboxylic acids is 1. The molecule has 3 rings (SSSR count). The fourth-order valence-corrected chi connectivity index (χ4v) is 3.44. The van der Waals surface area contributed by atoms with Crippen molar-refractivity contribution < 1.29 is 9.53 Å². The lowest BCUT2D eigenvalue weighted by atomic mass is 9.57. The average Bonchev–Trinajstić information content (AvgIpc) is 2.30. The van der Waals surface area contributed by atoms with Gasteiger partial charge in [0.05, 0.1) is 7.11 Å². The van der Waals surface area contributed by atoms with E-state index in [-0.39, 0.29) is 0 Å². The minimum Gasteiger partial charge on any atom is -0.481 e. The van der Waals surface area contributed by atoms with Crippen LogP contribution in [0.4, 0.5) is 0 Å². The molecule has 0 radical (unpaired) electrons. The van der Waals surface area contributed by atoms with Crippen molar-refractivity contribution in [1.29, 1.82) is 0 Å². The van der Waals surface area contributed by atoms with E-state index in [0.29, 0.717) is 11.3 Å². The van der Waals surface area contributed by atoms with Gasteiger partial charge in [0.1, 0.15) is 0 Å². The molecule has 1 amide bonds. The predicted molar refractivity (Wildman–Crippen MR) is 67.3 cm³/mol. The van der Waals surface area contributed by atoms with Crippen LogP contribution in [0.3, 0.4) is 0 Å². The van der Waals surface area contributed by atoms with Gasteiger partial charge in [-0.15, -0.1) is 0 Å². The highest BCUT2D eigenvalue weighted by Gasteiger charge is 2.51. The summed E-state index contributed by atoms with van der Waals surface area (Å²) in [6.07, 6.45) is 4.45. The second kappa shape index (κ2) is 4.26. The van der Waals surface area contributed by atoms with Gasteiger partial charge in [-0.2, -0.15) is 0 Å². The van der Waals surface area contributed by atoms with Gasteiger partial charge in [-0.05, 0) is 31.2 Å². The van der Waals surface area contributed by atoms with E-state index in [9.17, 15) is 4.79 Å². The van der Waals surface area contributed by atoms with Crippen molar-refractivity contribution in [2.75, 3.05) is 20.2 Å². The van der Waals surface area contributed by atoms with Crippen LogP contribution in [0, 0.1) is 11.3 Å². The minimum atomic E-state index is 0.449. The molecule has 0 unspecified atom stereocenters. The Morgan fingerprint density at radius 3 is 2.94 bits per heavy atom. The molecule has 2 fully saturated rings. The number of nitrogens with zero attached hydrogens (tertiary/aromatic N) is 2. The summed E-state index contributed by atoms with van der Waals surface area (Å²) in [6, 6.07) is 5.93. The van der Waals surface area contributed by atoms with Crippen molar-refractivity contribution in [2.45, 2.75) is 19.3 Å². The topological polar surface area (TPSA) is 42.4 Å². The molecule has 4 heteroatoms. The van der Waals surface area contributed by atoms with Gasteiger partial charge < -0.3 is 9.64 Å². The normalized spacial score (nSPS) is 21.3. The smallest absolute Gasteiger partial charge is 0.213 e. The molecule has 1 saturated carbocycles. The monoisotopic (exact) mass is 246 g/mol. The van der Waals surface area contributed by atoms with Crippen molar-refractivity contribution in [3.8, 4) is 5.88 Å². The molecule has 18 heavy (non-hydrogen) atoms. The van der Waals surface area contributed by atoms with E-state index in [2.05, 4.69) is 11.1 Å². The molecule has 1 spiro atoms. The van der Waals surface area contributed by atoms with Gasteiger partial charge in [0.25, 0.3) is 0 Å². The highest BCUT2D eigenvalue weighted by atomic mass is 16.5. The van der Waals surface area contributed by atoms with E-state index in [1.165, 1.54) is 12.8 Å². The molecule has 2 aliphatic rings. The molecule has 4 nitrogen and oxygen atoms in total. The molecule has 2 heterocycles. The largest absolute Gasteiger partial charge is 0.481 e. The van der Waals surface area contributed by atoms with Crippen LogP contribution in [0.5, 0.6) is 5.88 Å². The molecule has 0 atom stereocenters. The summed E-state index contributed by atoms with van der Waals surface area (Å²) in [5.41, 5.74) is 1.56. The quantitative estimate of drug-likeness (QED) is 0.756. The van der Waals surface area contributed by atoms with Crippen LogP contribution in [0.15, 0.2) is 18.2 Å². The molecule has 96 valence electrons. The Kier molecular flexibility index (Phi) is 2.73. The molecular weight excluding hydrogens is 228 g/mol. The van der Waals surface area contributed by atoms with Crippen LogP contribution < -0.4 is 4.74 Å². The zero-order chi connectivity index (χ0) is 12.6. The number of carbonyl (C=O) groups is 1. The van der Waals surface area contributed by atoms with Gasteiger partial charge in [-0.3, -0.25) is 4.79 Å². The van der Waals surface area contributed by atoms with Crippen LogP contribution in [0.1, 0.15) is 18.5 Å². The number of rotatable bonds is 4. The highest BCUT2D eigenvalue weighted by Crippen LogP contribution is 2.52. The van der Waals surface area contributed by atoms with Crippen LogP contribution in [0.2, 0.25) is 0 Å². The lowest BCUT2D eigenvalue weighted by Crippen LogP contribution is -2.61. The number of pyridine rings is 1. The summed E-state index contributed by atoms with van der Waals surface area (Å²) in [4.78, 5) is 16.9. The number of methoxy groups -OCH3 is 1. The first kappa shape index (κ1) is 11.5. The summed E-state index contributed by atoms with van der Waals surface area (Å²) in [7, 11) is 1.65. The molecule has 1 aliphatic carbocycles. The van der Waals surface area contributed by atoms with Gasteiger partial charge >= 0.3 is 0 Å². The molecule has 0 aromatic carbocycles. The standard InChI is InChI=1S/C14H18N2O2/c1-18-13-4-2-3-12(15-13)5-11-6-14(7-11)8-16(9-14)10-17/h2-4,10-11H,5-9H2,1H3. The van der Waals surface area contributed by atoms with Crippen molar-refractivity contribution in [3.05, 3.63) is 23.9 Å². The minimum absolute atomic E-state index is 0.449. The summed E-state index contributed by atoms with van der Waals surface area (Å²) < 4.78 is 5.13. The summed E-state index contributed by atoms with van der Waals surface area (Å²) >= 11 is 0. The maximum absolute atomic E-state index is 10.6. The number of amides is 1. The third-order valence-electron chi connectivity index (χ3n) is 4.16. The van der Waals surface area contributed by atoms with E-state index >= 15 is 0 Å². The number of hydrogen-bond acceptors (Lipinski definition) is 3. The van der Waals surface area contributed by atoms with Gasteiger partial charge in [0.15, 0.2) is 0 Å². The molecular formula is C14H18N2O2. The van der Waals surface area contributed by atoms with Gasteiger partial charge in [0, 0.05) is 30.3 Å².